The summed E-state index contributed by atoms with van der Waals surface area (Å²) in [6.45, 7) is 0. The van der Waals surface area contributed by atoms with Gasteiger partial charge in [0.1, 0.15) is 28.8 Å². The first kappa shape index (κ1) is 23.1. The van der Waals surface area contributed by atoms with Crippen LogP contribution in [-0.4, -0.2) is 11.1 Å². The van der Waals surface area contributed by atoms with E-state index in [1.165, 1.54) is 12.1 Å². The molecule has 0 aliphatic heterocycles. The zero-order valence-electron chi connectivity index (χ0n) is 17.9. The minimum absolute atomic E-state index is 0.110. The van der Waals surface area contributed by atoms with Gasteiger partial charge in [-0.25, -0.2) is 4.39 Å². The molecule has 172 valence electrons. The monoisotopic (exact) mass is 478 g/mol. The minimum atomic E-state index is -0.977. The third-order valence-electron chi connectivity index (χ3n) is 4.78. The number of hydrogen-bond donors (Lipinski definition) is 1. The van der Waals surface area contributed by atoms with E-state index < -0.39 is 11.8 Å². The number of rotatable bonds is 9. The molecule has 0 fully saturated rings. The number of para-hydroxylation sites is 1. The summed E-state index contributed by atoms with van der Waals surface area (Å²) >= 11 is 6.15. The van der Waals surface area contributed by atoms with E-state index in [1.54, 1.807) is 48.5 Å². The van der Waals surface area contributed by atoms with Crippen molar-refractivity contribution in [2.24, 2.45) is 0 Å². The normalized spacial score (nSPS) is 10.5. The maximum atomic E-state index is 14.3. The highest BCUT2D eigenvalue weighted by Crippen LogP contribution is 2.38. The van der Waals surface area contributed by atoms with Gasteiger partial charge in [-0.1, -0.05) is 41.9 Å². The van der Waals surface area contributed by atoms with E-state index in [1.807, 2.05) is 30.3 Å². The minimum Gasteiger partial charge on any atom is -0.481 e. The Kier molecular flexibility index (Phi) is 7.30. The van der Waals surface area contributed by atoms with Crippen LogP contribution in [0.4, 0.5) is 4.39 Å². The molecule has 0 aromatic heterocycles. The van der Waals surface area contributed by atoms with Crippen molar-refractivity contribution in [1.29, 1.82) is 0 Å². The average Bonchev–Trinajstić information content (AvgIpc) is 2.81. The molecule has 0 atom stereocenters. The number of ether oxygens (including phenoxy) is 3. The van der Waals surface area contributed by atoms with E-state index in [-0.39, 0.29) is 18.6 Å². The van der Waals surface area contributed by atoms with Gasteiger partial charge >= 0.3 is 5.97 Å². The highest BCUT2D eigenvalue weighted by atomic mass is 35.5. The summed E-state index contributed by atoms with van der Waals surface area (Å²) in [4.78, 5) is 10.7. The fraction of sp³-hybridized carbons (Fsp3) is 0.0741. The number of carbonyl (C=O) groups is 1. The molecule has 0 saturated heterocycles. The van der Waals surface area contributed by atoms with Crippen molar-refractivity contribution < 1.29 is 28.5 Å². The molecule has 0 radical (unpaired) electrons. The Morgan fingerprint density at radius 1 is 0.735 bits per heavy atom. The van der Waals surface area contributed by atoms with Crippen LogP contribution in [0.5, 0.6) is 34.5 Å². The summed E-state index contributed by atoms with van der Waals surface area (Å²) < 4.78 is 32.0. The number of aliphatic carboxylic acids is 1. The van der Waals surface area contributed by atoms with Crippen molar-refractivity contribution in [3.8, 4) is 34.5 Å². The van der Waals surface area contributed by atoms with Crippen LogP contribution in [0, 0.1) is 5.82 Å². The largest absolute Gasteiger partial charge is 0.481 e. The number of hydrogen-bond acceptors (Lipinski definition) is 4. The molecule has 34 heavy (non-hydrogen) atoms. The highest BCUT2D eigenvalue weighted by molar-refractivity contribution is 6.30. The summed E-state index contributed by atoms with van der Waals surface area (Å²) in [5.74, 6) is 1.26. The van der Waals surface area contributed by atoms with Crippen LogP contribution in [0.1, 0.15) is 12.0 Å². The molecule has 0 spiro atoms. The molecule has 7 heteroatoms. The zero-order chi connectivity index (χ0) is 23.9. The van der Waals surface area contributed by atoms with Gasteiger partial charge in [-0.15, -0.1) is 0 Å². The number of benzene rings is 4. The summed E-state index contributed by atoms with van der Waals surface area (Å²) in [5.41, 5.74) is 0.320. The number of carboxylic acids is 1. The van der Waals surface area contributed by atoms with Crippen molar-refractivity contribution in [2.75, 3.05) is 0 Å². The molecule has 0 amide bonds. The van der Waals surface area contributed by atoms with Gasteiger partial charge in [0.2, 0.25) is 0 Å². The molecule has 4 aromatic rings. The fourth-order valence-electron chi connectivity index (χ4n) is 3.16. The third kappa shape index (κ3) is 6.27. The van der Waals surface area contributed by atoms with Gasteiger partial charge in [0.15, 0.2) is 11.5 Å². The van der Waals surface area contributed by atoms with E-state index >= 15 is 0 Å². The van der Waals surface area contributed by atoms with Crippen LogP contribution in [0.3, 0.4) is 0 Å². The molecular weight excluding hydrogens is 459 g/mol. The zero-order valence-corrected chi connectivity index (χ0v) is 18.7. The van der Waals surface area contributed by atoms with E-state index in [2.05, 4.69) is 0 Å². The lowest BCUT2D eigenvalue weighted by Crippen LogP contribution is -1.99. The molecule has 0 unspecified atom stereocenters. The first-order valence-corrected chi connectivity index (χ1v) is 10.8. The van der Waals surface area contributed by atoms with Crippen LogP contribution >= 0.6 is 11.6 Å². The van der Waals surface area contributed by atoms with E-state index in [0.717, 1.165) is 0 Å². The van der Waals surface area contributed by atoms with Crippen LogP contribution in [-0.2, 0) is 11.2 Å². The number of carboxylic acid groups (broad SMARTS) is 1. The van der Waals surface area contributed by atoms with E-state index in [0.29, 0.717) is 39.3 Å². The van der Waals surface area contributed by atoms with Gasteiger partial charge in [-0.3, -0.25) is 4.79 Å². The molecule has 4 aromatic carbocycles. The Labute approximate surface area is 200 Å². The predicted molar refractivity (Wildman–Crippen MR) is 127 cm³/mol. The summed E-state index contributed by atoms with van der Waals surface area (Å²) in [5, 5.41) is 9.28. The Hall–Kier alpha value is -4.03. The molecule has 0 aliphatic rings. The highest BCUT2D eigenvalue weighted by Gasteiger charge is 2.11. The van der Waals surface area contributed by atoms with Crippen LogP contribution < -0.4 is 14.2 Å². The van der Waals surface area contributed by atoms with Crippen LogP contribution in [0.2, 0.25) is 5.02 Å². The second-order valence-corrected chi connectivity index (χ2v) is 7.77. The van der Waals surface area contributed by atoms with Gasteiger partial charge in [-0.2, -0.15) is 0 Å². The summed E-state index contributed by atoms with van der Waals surface area (Å²) in [6.07, 6.45) is -0.0313. The Morgan fingerprint density at radius 2 is 1.41 bits per heavy atom. The maximum absolute atomic E-state index is 14.3. The van der Waals surface area contributed by atoms with Crippen LogP contribution in [0.25, 0.3) is 0 Å². The van der Waals surface area contributed by atoms with Crippen molar-refractivity contribution in [3.05, 3.63) is 107 Å². The molecule has 1 N–H and O–H groups in total. The van der Waals surface area contributed by atoms with E-state index in [4.69, 9.17) is 30.9 Å². The standard InChI is InChI=1S/C27H20ClFO5/c28-19-11-13-25(26(15-19)33-20-5-2-1-3-6-20)34-22-8-4-7-21(16-22)32-23-12-9-18(24(29)17-23)10-14-27(30)31/h1-9,11-13,15-17H,10,14H2,(H,30,31). The molecule has 0 bridgehead atoms. The molecular formula is C27H20ClFO5. The van der Waals surface area contributed by atoms with Gasteiger partial charge in [0.25, 0.3) is 0 Å². The fourth-order valence-corrected chi connectivity index (χ4v) is 3.32. The molecule has 4 rings (SSSR count). The topological polar surface area (TPSA) is 65.0 Å². The Bertz CT molecular complexity index is 1290. The lowest BCUT2D eigenvalue weighted by molar-refractivity contribution is -0.136. The van der Waals surface area contributed by atoms with Crippen molar-refractivity contribution in [2.45, 2.75) is 12.8 Å². The van der Waals surface area contributed by atoms with Crippen molar-refractivity contribution in [1.82, 2.24) is 0 Å². The van der Waals surface area contributed by atoms with Crippen molar-refractivity contribution >= 4 is 17.6 Å². The van der Waals surface area contributed by atoms with Crippen molar-refractivity contribution in [3.63, 3.8) is 0 Å². The first-order valence-electron chi connectivity index (χ1n) is 10.4. The van der Waals surface area contributed by atoms with Gasteiger partial charge < -0.3 is 19.3 Å². The smallest absolute Gasteiger partial charge is 0.303 e. The first-order chi connectivity index (χ1) is 16.5. The molecule has 0 heterocycles. The van der Waals surface area contributed by atoms with Gasteiger partial charge in [0, 0.05) is 29.6 Å². The quantitative estimate of drug-likeness (QED) is 0.265. The third-order valence-corrected chi connectivity index (χ3v) is 5.01. The second-order valence-electron chi connectivity index (χ2n) is 7.33. The van der Waals surface area contributed by atoms with Gasteiger partial charge in [-0.05, 0) is 54.4 Å². The Morgan fingerprint density at radius 3 is 2.15 bits per heavy atom. The lowest BCUT2D eigenvalue weighted by atomic mass is 10.1. The van der Waals surface area contributed by atoms with Gasteiger partial charge in [0.05, 0.1) is 0 Å². The number of aryl methyl sites for hydroxylation is 1. The number of halogens is 2. The second kappa shape index (κ2) is 10.7. The summed E-state index contributed by atoms with van der Waals surface area (Å²) in [6, 6.07) is 25.6. The van der Waals surface area contributed by atoms with Crippen LogP contribution in [0.15, 0.2) is 91.0 Å². The molecule has 0 saturated carbocycles. The lowest BCUT2D eigenvalue weighted by Gasteiger charge is -2.14. The average molecular weight is 479 g/mol. The predicted octanol–water partition coefficient (Wildman–Crippen LogP) is 7.87. The van der Waals surface area contributed by atoms with E-state index in [9.17, 15) is 9.18 Å². The molecule has 5 nitrogen and oxygen atoms in total. The summed E-state index contributed by atoms with van der Waals surface area (Å²) in [7, 11) is 0. The Balaban J connectivity index is 1.49. The maximum Gasteiger partial charge on any atom is 0.303 e. The SMILES string of the molecule is O=C(O)CCc1ccc(Oc2cccc(Oc3ccc(Cl)cc3Oc3ccccc3)c2)cc1F. The molecule has 0 aliphatic carbocycles.